The summed E-state index contributed by atoms with van der Waals surface area (Å²) < 4.78 is 0. The largest absolute Gasteiger partial charge is 0.340 e. The first-order valence-corrected chi connectivity index (χ1v) is 4.54. The van der Waals surface area contributed by atoms with Crippen LogP contribution >= 0.6 is 0 Å². The highest BCUT2D eigenvalue weighted by Crippen LogP contribution is 2.18. The molecule has 1 aliphatic heterocycles. The van der Waals surface area contributed by atoms with Gasteiger partial charge >= 0.3 is 0 Å². The summed E-state index contributed by atoms with van der Waals surface area (Å²) in [4.78, 5) is 24.0. The fourth-order valence-electron chi connectivity index (χ4n) is 1.44. The average Bonchev–Trinajstić information content (AvgIpc) is 2.58. The number of imide groups is 1. The number of amides is 2. The van der Waals surface area contributed by atoms with Gasteiger partial charge in [0.25, 0.3) is 11.8 Å². The van der Waals surface area contributed by atoms with E-state index in [0.717, 1.165) is 5.69 Å². The van der Waals surface area contributed by atoms with E-state index >= 15 is 0 Å². The second-order valence-corrected chi connectivity index (χ2v) is 3.24. The van der Waals surface area contributed by atoms with Crippen LogP contribution in [0.5, 0.6) is 0 Å². The highest BCUT2D eigenvalue weighted by molar-refractivity contribution is 6.17. The predicted octanol–water partition coefficient (Wildman–Crippen LogP) is 0.663. The molecule has 1 aromatic carbocycles. The minimum Gasteiger partial charge on any atom is -0.340 e. The molecule has 1 heterocycles. The highest BCUT2D eigenvalue weighted by atomic mass is 16.2. The molecule has 0 unspecified atom stereocenters. The number of anilines is 1. The Bertz CT molecular complexity index is 437. The van der Waals surface area contributed by atoms with Crippen LogP contribution in [0.1, 0.15) is 0 Å². The van der Waals surface area contributed by atoms with E-state index in [1.54, 1.807) is 11.9 Å². The molecule has 0 aromatic heterocycles. The molecule has 4 heteroatoms. The van der Waals surface area contributed by atoms with Gasteiger partial charge in [-0.15, -0.1) is 0 Å². The highest BCUT2D eigenvalue weighted by Gasteiger charge is 2.24. The zero-order chi connectivity index (χ0) is 10.8. The van der Waals surface area contributed by atoms with Crippen molar-refractivity contribution in [1.82, 2.24) is 5.32 Å². The zero-order valence-corrected chi connectivity index (χ0v) is 8.23. The molecule has 2 rings (SSSR count). The molecule has 0 atom stereocenters. The quantitative estimate of drug-likeness (QED) is 0.717. The van der Waals surface area contributed by atoms with Crippen LogP contribution in [0.25, 0.3) is 0 Å². The average molecular weight is 202 g/mol. The van der Waals surface area contributed by atoms with Crippen molar-refractivity contribution >= 4 is 17.5 Å². The van der Waals surface area contributed by atoms with E-state index in [1.165, 1.54) is 6.08 Å². The third-order valence-electron chi connectivity index (χ3n) is 2.24. The monoisotopic (exact) mass is 202 g/mol. The summed E-state index contributed by atoms with van der Waals surface area (Å²) in [5.41, 5.74) is 1.24. The van der Waals surface area contributed by atoms with E-state index in [-0.39, 0.29) is 11.8 Å². The number of hydrogen-bond acceptors (Lipinski definition) is 3. The molecule has 0 saturated heterocycles. The van der Waals surface area contributed by atoms with Crippen LogP contribution in [0.3, 0.4) is 0 Å². The van der Waals surface area contributed by atoms with Gasteiger partial charge in [0, 0.05) is 18.8 Å². The van der Waals surface area contributed by atoms with Crippen LogP contribution in [-0.2, 0) is 9.59 Å². The number of carbonyl (C=O) groups excluding carboxylic acids is 2. The van der Waals surface area contributed by atoms with Crippen LogP contribution < -0.4 is 10.2 Å². The molecule has 76 valence electrons. The van der Waals surface area contributed by atoms with Crippen molar-refractivity contribution in [3.05, 3.63) is 42.1 Å². The molecule has 0 spiro atoms. The summed E-state index contributed by atoms with van der Waals surface area (Å²) in [6, 6.07) is 9.39. The number of nitrogens with zero attached hydrogens (tertiary/aromatic N) is 1. The van der Waals surface area contributed by atoms with Crippen LogP contribution in [0.15, 0.2) is 42.1 Å². The van der Waals surface area contributed by atoms with Crippen molar-refractivity contribution in [3.8, 4) is 0 Å². The summed E-state index contributed by atoms with van der Waals surface area (Å²) >= 11 is 0. The Balaban J connectivity index is 2.30. The Kier molecular flexibility index (Phi) is 2.25. The standard InChI is InChI=1S/C11H10N2O2/c1-13(8-5-3-2-4-6-8)9-7-10(14)12-11(9)15/h2-7H,1H3,(H,12,14,15). The second kappa shape index (κ2) is 3.57. The Morgan fingerprint density at radius 2 is 1.80 bits per heavy atom. The van der Waals surface area contributed by atoms with Gasteiger partial charge in [-0.2, -0.15) is 0 Å². The number of nitrogens with one attached hydrogen (secondary N) is 1. The van der Waals surface area contributed by atoms with E-state index in [0.29, 0.717) is 5.70 Å². The normalized spacial score (nSPS) is 14.9. The van der Waals surface area contributed by atoms with Crippen LogP contribution in [0, 0.1) is 0 Å². The van der Waals surface area contributed by atoms with Crippen molar-refractivity contribution in [3.63, 3.8) is 0 Å². The lowest BCUT2D eigenvalue weighted by molar-refractivity contribution is -0.123. The number of rotatable bonds is 2. The van der Waals surface area contributed by atoms with E-state index < -0.39 is 0 Å². The molecule has 15 heavy (non-hydrogen) atoms. The number of carbonyl (C=O) groups is 2. The number of para-hydroxylation sites is 1. The smallest absolute Gasteiger partial charge is 0.274 e. The molecule has 1 N–H and O–H groups in total. The number of likely N-dealkylation sites (N-methyl/N-ethyl adjacent to an activating group) is 1. The number of benzene rings is 1. The molecule has 0 fully saturated rings. The topological polar surface area (TPSA) is 49.4 Å². The summed E-state index contributed by atoms with van der Waals surface area (Å²) in [6.45, 7) is 0. The predicted molar refractivity (Wildman–Crippen MR) is 56.1 cm³/mol. The lowest BCUT2D eigenvalue weighted by Gasteiger charge is -2.18. The Morgan fingerprint density at radius 1 is 1.13 bits per heavy atom. The zero-order valence-electron chi connectivity index (χ0n) is 8.23. The van der Waals surface area contributed by atoms with Crippen molar-refractivity contribution in [2.45, 2.75) is 0 Å². The molecule has 1 aromatic rings. The minimum atomic E-state index is -0.363. The maximum atomic E-state index is 11.4. The van der Waals surface area contributed by atoms with Gasteiger partial charge in [0.2, 0.25) is 0 Å². The fraction of sp³-hybridized carbons (Fsp3) is 0.0909. The molecule has 4 nitrogen and oxygen atoms in total. The molecule has 0 bridgehead atoms. The van der Waals surface area contributed by atoms with Crippen molar-refractivity contribution in [2.24, 2.45) is 0 Å². The maximum absolute atomic E-state index is 11.4. The van der Waals surface area contributed by atoms with Gasteiger partial charge in [-0.3, -0.25) is 14.9 Å². The van der Waals surface area contributed by atoms with Crippen molar-refractivity contribution < 1.29 is 9.59 Å². The summed E-state index contributed by atoms with van der Waals surface area (Å²) in [5, 5.41) is 2.21. The van der Waals surface area contributed by atoms with E-state index in [4.69, 9.17) is 0 Å². The second-order valence-electron chi connectivity index (χ2n) is 3.24. The molecular weight excluding hydrogens is 192 g/mol. The first-order chi connectivity index (χ1) is 7.18. The van der Waals surface area contributed by atoms with Crippen LogP contribution in [-0.4, -0.2) is 18.9 Å². The van der Waals surface area contributed by atoms with E-state index in [2.05, 4.69) is 5.32 Å². The van der Waals surface area contributed by atoms with E-state index in [1.807, 2.05) is 30.3 Å². The minimum absolute atomic E-state index is 0.355. The summed E-state index contributed by atoms with van der Waals surface area (Å²) in [5.74, 6) is -0.718. The van der Waals surface area contributed by atoms with Gasteiger partial charge < -0.3 is 4.90 Å². The van der Waals surface area contributed by atoms with Gasteiger partial charge in [-0.05, 0) is 12.1 Å². The van der Waals surface area contributed by atoms with Gasteiger partial charge in [0.15, 0.2) is 0 Å². The van der Waals surface area contributed by atoms with Gasteiger partial charge in [0.05, 0.1) is 0 Å². The molecule has 1 aliphatic rings. The number of hydrogen-bond donors (Lipinski definition) is 1. The first kappa shape index (κ1) is 9.45. The fourth-order valence-corrected chi connectivity index (χ4v) is 1.44. The van der Waals surface area contributed by atoms with Crippen molar-refractivity contribution in [1.29, 1.82) is 0 Å². The Hall–Kier alpha value is -2.10. The SMILES string of the molecule is CN(C1=CC(=O)NC1=O)c1ccccc1. The molecule has 0 aliphatic carbocycles. The molecule has 0 saturated carbocycles. The van der Waals surface area contributed by atoms with Crippen LogP contribution in [0.2, 0.25) is 0 Å². The van der Waals surface area contributed by atoms with Gasteiger partial charge in [-0.1, -0.05) is 18.2 Å². The van der Waals surface area contributed by atoms with Crippen LogP contribution in [0.4, 0.5) is 5.69 Å². The molecule has 2 amide bonds. The van der Waals surface area contributed by atoms with Gasteiger partial charge in [0.1, 0.15) is 5.70 Å². The molecule has 0 radical (unpaired) electrons. The van der Waals surface area contributed by atoms with Crippen molar-refractivity contribution in [2.75, 3.05) is 11.9 Å². The maximum Gasteiger partial charge on any atom is 0.274 e. The lowest BCUT2D eigenvalue weighted by Crippen LogP contribution is -2.28. The van der Waals surface area contributed by atoms with Gasteiger partial charge in [-0.25, -0.2) is 0 Å². The first-order valence-electron chi connectivity index (χ1n) is 4.54. The summed E-state index contributed by atoms with van der Waals surface area (Å²) in [6.07, 6.45) is 1.30. The Morgan fingerprint density at radius 3 is 2.33 bits per heavy atom. The Labute approximate surface area is 87.2 Å². The third-order valence-corrected chi connectivity index (χ3v) is 2.24. The molecular formula is C11H10N2O2. The lowest BCUT2D eigenvalue weighted by atomic mass is 10.2. The van der Waals surface area contributed by atoms with E-state index in [9.17, 15) is 9.59 Å². The summed E-state index contributed by atoms with van der Waals surface area (Å²) in [7, 11) is 1.75. The third kappa shape index (κ3) is 1.74.